The Labute approximate surface area is 291 Å². The topological polar surface area (TPSA) is 78.9 Å². The Balaban J connectivity index is 4.32. The van der Waals surface area contributed by atoms with E-state index in [1.165, 1.54) is 116 Å². The molecule has 0 aliphatic heterocycles. The van der Waals surface area contributed by atoms with Gasteiger partial charge in [0.1, 0.15) is 13.2 Å². The van der Waals surface area contributed by atoms with Crippen LogP contribution in [0.1, 0.15) is 220 Å². The minimum atomic E-state index is -0.757. The number of hydrogen-bond donors (Lipinski definition) is 0. The summed E-state index contributed by atoms with van der Waals surface area (Å²) in [5.74, 6) is -0.0607. The van der Waals surface area contributed by atoms with Crippen molar-refractivity contribution in [2.75, 3.05) is 13.2 Å². The second-order valence-corrected chi connectivity index (χ2v) is 14.2. The van der Waals surface area contributed by atoms with Crippen LogP contribution in [0.15, 0.2) is 0 Å². The Kier molecular flexibility index (Phi) is 34.5. The molecule has 2 atom stereocenters. The number of carbonyl (C=O) groups excluding carboxylic acids is 3. The van der Waals surface area contributed by atoms with Crippen LogP contribution >= 0.6 is 0 Å². The third kappa shape index (κ3) is 34.1. The van der Waals surface area contributed by atoms with Gasteiger partial charge in [-0.05, 0) is 25.2 Å². The number of carbonyl (C=O) groups is 3. The number of ether oxygens (including phenoxy) is 3. The molecule has 6 nitrogen and oxygen atoms in total. The molecule has 1 unspecified atom stereocenters. The van der Waals surface area contributed by atoms with E-state index in [0.717, 1.165) is 63.7 Å². The van der Waals surface area contributed by atoms with Crippen LogP contribution in [0.25, 0.3) is 0 Å². The Morgan fingerprint density at radius 2 is 0.745 bits per heavy atom. The van der Waals surface area contributed by atoms with Crippen LogP contribution in [0.3, 0.4) is 0 Å². The van der Waals surface area contributed by atoms with Crippen LogP contribution in [0.4, 0.5) is 0 Å². The van der Waals surface area contributed by atoms with Gasteiger partial charge in [-0.1, -0.05) is 182 Å². The van der Waals surface area contributed by atoms with E-state index < -0.39 is 6.10 Å². The molecule has 6 heteroatoms. The van der Waals surface area contributed by atoms with Crippen LogP contribution in [0.5, 0.6) is 0 Å². The minimum Gasteiger partial charge on any atom is -0.462 e. The lowest BCUT2D eigenvalue weighted by Gasteiger charge is -2.18. The van der Waals surface area contributed by atoms with Crippen LogP contribution in [0.2, 0.25) is 0 Å². The molecular formula is C41H78O6. The average molecular weight is 667 g/mol. The average Bonchev–Trinajstić information content (AvgIpc) is 3.07. The quantitative estimate of drug-likeness (QED) is 0.0376. The van der Waals surface area contributed by atoms with E-state index in [4.69, 9.17) is 14.2 Å². The third-order valence-electron chi connectivity index (χ3n) is 9.40. The summed E-state index contributed by atoms with van der Waals surface area (Å²) in [5, 5.41) is 0. The molecule has 0 N–H and O–H groups in total. The van der Waals surface area contributed by atoms with E-state index in [9.17, 15) is 14.4 Å². The van der Waals surface area contributed by atoms with E-state index in [1.54, 1.807) is 0 Å². The smallest absolute Gasteiger partial charge is 0.306 e. The van der Waals surface area contributed by atoms with Crippen LogP contribution in [-0.4, -0.2) is 37.2 Å². The first-order valence-electron chi connectivity index (χ1n) is 20.4. The molecule has 0 spiro atoms. The van der Waals surface area contributed by atoms with Gasteiger partial charge in [-0.2, -0.15) is 0 Å². The van der Waals surface area contributed by atoms with Crippen molar-refractivity contribution in [1.29, 1.82) is 0 Å². The first kappa shape index (κ1) is 45.4. The van der Waals surface area contributed by atoms with E-state index in [2.05, 4.69) is 27.7 Å². The molecule has 278 valence electrons. The van der Waals surface area contributed by atoms with E-state index in [1.807, 2.05) is 0 Å². The predicted octanol–water partition coefficient (Wildman–Crippen LogP) is 12.4. The lowest BCUT2D eigenvalue weighted by Crippen LogP contribution is -2.30. The molecule has 0 aromatic heterocycles. The minimum absolute atomic E-state index is 0.0658. The number of esters is 3. The molecule has 47 heavy (non-hydrogen) atoms. The highest BCUT2D eigenvalue weighted by molar-refractivity contribution is 5.71. The second-order valence-electron chi connectivity index (χ2n) is 14.2. The number of unbranched alkanes of at least 4 members (excludes halogenated alkanes) is 22. The van der Waals surface area contributed by atoms with Crippen LogP contribution in [0, 0.1) is 5.92 Å². The second kappa shape index (κ2) is 35.7. The zero-order valence-electron chi connectivity index (χ0n) is 31.7. The van der Waals surface area contributed by atoms with E-state index in [0.29, 0.717) is 19.3 Å². The standard InChI is InChI=1S/C41H78O6/c1-5-8-10-12-14-15-16-17-18-20-25-29-33-40(43)46-36-38(35-45-39(42)32-28-24-19-13-11-9-6-2)47-41(44)34-30-26-22-21-23-27-31-37(4)7-3/h37-38H,5-36H2,1-4H3/t37?,38-/m1/s1. The maximum absolute atomic E-state index is 12.6. The van der Waals surface area contributed by atoms with Crippen molar-refractivity contribution in [3.8, 4) is 0 Å². The van der Waals surface area contributed by atoms with Crippen molar-refractivity contribution in [3.63, 3.8) is 0 Å². The van der Waals surface area contributed by atoms with Gasteiger partial charge in [0, 0.05) is 19.3 Å². The predicted molar refractivity (Wildman–Crippen MR) is 196 cm³/mol. The SMILES string of the molecule is CCCCCCCCCCCCCCC(=O)OC[C@@H](COC(=O)CCCCCCCCC)OC(=O)CCCCCCCCC(C)CC. The molecule has 0 heterocycles. The fourth-order valence-electron chi connectivity index (χ4n) is 5.89. The molecule has 0 radical (unpaired) electrons. The first-order chi connectivity index (χ1) is 22.9. The highest BCUT2D eigenvalue weighted by Gasteiger charge is 2.19. The third-order valence-corrected chi connectivity index (χ3v) is 9.40. The largest absolute Gasteiger partial charge is 0.462 e. The van der Waals surface area contributed by atoms with Crippen molar-refractivity contribution in [3.05, 3.63) is 0 Å². The van der Waals surface area contributed by atoms with Gasteiger partial charge in [-0.15, -0.1) is 0 Å². The summed E-state index contributed by atoms with van der Waals surface area (Å²) < 4.78 is 16.6. The van der Waals surface area contributed by atoms with Crippen molar-refractivity contribution in [2.24, 2.45) is 5.92 Å². The van der Waals surface area contributed by atoms with Crippen molar-refractivity contribution in [2.45, 2.75) is 226 Å². The van der Waals surface area contributed by atoms with Gasteiger partial charge >= 0.3 is 17.9 Å². The molecule has 0 rings (SSSR count). The Morgan fingerprint density at radius 3 is 1.11 bits per heavy atom. The Morgan fingerprint density at radius 1 is 0.426 bits per heavy atom. The summed E-state index contributed by atoms with van der Waals surface area (Å²) in [6.45, 7) is 8.90. The Bertz CT molecular complexity index is 708. The van der Waals surface area contributed by atoms with Gasteiger partial charge < -0.3 is 14.2 Å². The van der Waals surface area contributed by atoms with Gasteiger partial charge in [-0.25, -0.2) is 0 Å². The molecule has 0 saturated heterocycles. The maximum Gasteiger partial charge on any atom is 0.306 e. The first-order valence-corrected chi connectivity index (χ1v) is 20.4. The molecular weight excluding hydrogens is 588 g/mol. The molecule has 0 bridgehead atoms. The van der Waals surface area contributed by atoms with Gasteiger partial charge in [0.25, 0.3) is 0 Å². The van der Waals surface area contributed by atoms with Crippen molar-refractivity contribution in [1.82, 2.24) is 0 Å². The fraction of sp³-hybridized carbons (Fsp3) is 0.927. The van der Waals surface area contributed by atoms with Crippen molar-refractivity contribution < 1.29 is 28.6 Å². The van der Waals surface area contributed by atoms with Gasteiger partial charge in [0.05, 0.1) is 0 Å². The van der Waals surface area contributed by atoms with Crippen LogP contribution in [-0.2, 0) is 28.6 Å². The molecule has 0 aromatic carbocycles. The summed E-state index contributed by atoms with van der Waals surface area (Å²) in [4.78, 5) is 37.4. The number of rotatable bonds is 36. The van der Waals surface area contributed by atoms with Crippen LogP contribution < -0.4 is 0 Å². The lowest BCUT2D eigenvalue weighted by atomic mass is 10.00. The highest BCUT2D eigenvalue weighted by atomic mass is 16.6. The summed E-state index contributed by atoms with van der Waals surface area (Å²) in [6, 6.07) is 0. The Hall–Kier alpha value is -1.59. The molecule has 0 saturated carbocycles. The molecule has 0 fully saturated rings. The molecule has 0 aliphatic carbocycles. The monoisotopic (exact) mass is 667 g/mol. The van der Waals surface area contributed by atoms with Crippen molar-refractivity contribution >= 4 is 17.9 Å². The molecule has 0 aromatic rings. The molecule has 0 amide bonds. The summed E-state index contributed by atoms with van der Waals surface area (Å²) >= 11 is 0. The van der Waals surface area contributed by atoms with Gasteiger partial charge in [0.2, 0.25) is 0 Å². The number of hydrogen-bond acceptors (Lipinski definition) is 6. The highest BCUT2D eigenvalue weighted by Crippen LogP contribution is 2.16. The lowest BCUT2D eigenvalue weighted by molar-refractivity contribution is -0.167. The fourth-order valence-corrected chi connectivity index (χ4v) is 5.89. The zero-order valence-corrected chi connectivity index (χ0v) is 31.7. The van der Waals surface area contributed by atoms with E-state index >= 15 is 0 Å². The van der Waals surface area contributed by atoms with Gasteiger partial charge in [-0.3, -0.25) is 14.4 Å². The zero-order chi connectivity index (χ0) is 34.6. The maximum atomic E-state index is 12.6. The summed E-state index contributed by atoms with van der Waals surface area (Å²) in [6.07, 6.45) is 32.4. The molecule has 0 aliphatic rings. The normalized spacial score (nSPS) is 12.5. The summed E-state index contributed by atoms with van der Waals surface area (Å²) in [7, 11) is 0. The van der Waals surface area contributed by atoms with E-state index in [-0.39, 0.29) is 31.1 Å². The summed E-state index contributed by atoms with van der Waals surface area (Å²) in [5.41, 5.74) is 0. The van der Waals surface area contributed by atoms with Gasteiger partial charge in [0.15, 0.2) is 6.10 Å².